The Labute approximate surface area is 254 Å². The first-order valence-corrected chi connectivity index (χ1v) is 15.9. The molecule has 0 saturated carbocycles. The van der Waals surface area contributed by atoms with Crippen LogP contribution < -0.4 is 4.90 Å². The molecule has 0 aromatic heterocycles. The molecule has 3 aliphatic rings. The molecular formula is C32H44ClN3O4S. The first-order valence-electron chi connectivity index (χ1n) is 14.7. The van der Waals surface area contributed by atoms with Gasteiger partial charge in [0.2, 0.25) is 11.8 Å². The van der Waals surface area contributed by atoms with E-state index >= 15 is 0 Å². The molecule has 1 aromatic carbocycles. The predicted octanol–water partition coefficient (Wildman–Crippen LogP) is 5.17. The van der Waals surface area contributed by atoms with Crippen LogP contribution in [0.4, 0.5) is 5.69 Å². The van der Waals surface area contributed by atoms with E-state index in [1.54, 1.807) is 62.9 Å². The lowest BCUT2D eigenvalue weighted by Crippen LogP contribution is -2.58. The van der Waals surface area contributed by atoms with E-state index in [0.29, 0.717) is 36.6 Å². The van der Waals surface area contributed by atoms with Crippen molar-refractivity contribution in [2.24, 2.45) is 17.8 Å². The molecule has 7 nitrogen and oxygen atoms in total. The Bertz CT molecular complexity index is 1180. The highest BCUT2D eigenvalue weighted by Gasteiger charge is 2.78. The van der Waals surface area contributed by atoms with E-state index in [9.17, 15) is 19.5 Å². The molecule has 9 heteroatoms. The zero-order valence-electron chi connectivity index (χ0n) is 24.7. The number of nitrogens with zero attached hydrogens (tertiary/aromatic N) is 3. The summed E-state index contributed by atoms with van der Waals surface area (Å²) >= 11 is 7.81. The third-order valence-electron chi connectivity index (χ3n) is 8.93. The third-order valence-corrected chi connectivity index (χ3v) is 11.2. The standard InChI is InChI=1S/C32H44ClN3O4S/c1-7-16-34(17-8-2)28(38)25-26-29(39)36(24(20-37)19-21(4)5)27(32(26)15-14-31(25,6)41-32)30(40)35(18-9-3)23-12-10-22(33)11-13-23/h7,9-13,21,24-27,37H,1,3,8,14-20H2,2,4-6H3/t24-,25+,26+,27?,31-,32?/m1/s1. The molecule has 1 N–H and O–H groups in total. The van der Waals surface area contributed by atoms with E-state index < -0.39 is 33.4 Å². The van der Waals surface area contributed by atoms with Crippen molar-refractivity contribution in [3.8, 4) is 0 Å². The number of carbonyl (C=O) groups excluding carboxylic acids is 3. The number of rotatable bonds is 13. The number of halogens is 1. The summed E-state index contributed by atoms with van der Waals surface area (Å²) < 4.78 is -1.24. The summed E-state index contributed by atoms with van der Waals surface area (Å²) in [7, 11) is 0. The van der Waals surface area contributed by atoms with Gasteiger partial charge in [-0.05, 0) is 62.8 Å². The minimum Gasteiger partial charge on any atom is -0.394 e. The number of benzene rings is 1. The highest BCUT2D eigenvalue weighted by atomic mass is 35.5. The van der Waals surface area contributed by atoms with Crippen molar-refractivity contribution in [3.63, 3.8) is 0 Å². The predicted molar refractivity (Wildman–Crippen MR) is 167 cm³/mol. The average molecular weight is 602 g/mol. The van der Waals surface area contributed by atoms with Crippen LogP contribution in [0.3, 0.4) is 0 Å². The van der Waals surface area contributed by atoms with Gasteiger partial charge in [-0.1, -0.05) is 44.5 Å². The van der Waals surface area contributed by atoms with Gasteiger partial charge in [0.15, 0.2) is 0 Å². The van der Waals surface area contributed by atoms with Gasteiger partial charge in [-0.3, -0.25) is 14.4 Å². The van der Waals surface area contributed by atoms with E-state index in [2.05, 4.69) is 20.1 Å². The lowest BCUT2D eigenvalue weighted by molar-refractivity contribution is -0.146. The molecule has 2 bridgehead atoms. The molecule has 3 heterocycles. The van der Waals surface area contributed by atoms with E-state index in [1.807, 2.05) is 20.8 Å². The number of likely N-dealkylation sites (tertiary alicyclic amines) is 1. The van der Waals surface area contributed by atoms with E-state index in [1.165, 1.54) is 0 Å². The number of hydrogen-bond donors (Lipinski definition) is 1. The Morgan fingerprint density at radius 3 is 2.39 bits per heavy atom. The summed E-state index contributed by atoms with van der Waals surface area (Å²) in [6, 6.07) is 5.71. The van der Waals surface area contributed by atoms with E-state index in [4.69, 9.17) is 11.6 Å². The lowest BCUT2D eigenvalue weighted by atomic mass is 9.66. The van der Waals surface area contributed by atoms with Gasteiger partial charge in [-0.2, -0.15) is 0 Å². The Balaban J connectivity index is 1.85. The Morgan fingerprint density at radius 2 is 1.83 bits per heavy atom. The number of aliphatic hydroxyl groups excluding tert-OH is 1. The number of anilines is 1. The summed E-state index contributed by atoms with van der Waals surface area (Å²) in [5.74, 6) is -1.45. The molecule has 4 rings (SSSR count). The summed E-state index contributed by atoms with van der Waals surface area (Å²) in [5.41, 5.74) is 0.660. The van der Waals surface area contributed by atoms with Crippen LogP contribution >= 0.6 is 23.4 Å². The van der Waals surface area contributed by atoms with Crippen molar-refractivity contribution in [2.45, 2.75) is 75.0 Å². The molecular weight excluding hydrogens is 558 g/mol. The number of thioether (sulfide) groups is 1. The zero-order valence-corrected chi connectivity index (χ0v) is 26.3. The second-order valence-corrected chi connectivity index (χ2v) is 14.6. The maximum Gasteiger partial charge on any atom is 0.251 e. The van der Waals surface area contributed by atoms with Crippen molar-refractivity contribution < 1.29 is 19.5 Å². The van der Waals surface area contributed by atoms with Gasteiger partial charge < -0.3 is 19.8 Å². The largest absolute Gasteiger partial charge is 0.394 e. The molecule has 3 saturated heterocycles. The van der Waals surface area contributed by atoms with Crippen molar-refractivity contribution in [2.75, 3.05) is 31.1 Å². The fraction of sp³-hybridized carbons (Fsp3) is 0.594. The Morgan fingerprint density at radius 1 is 1.17 bits per heavy atom. The maximum absolute atomic E-state index is 14.8. The van der Waals surface area contributed by atoms with Crippen molar-refractivity contribution in [3.05, 3.63) is 54.6 Å². The number of aliphatic hydroxyl groups is 1. The summed E-state index contributed by atoms with van der Waals surface area (Å²) in [6.07, 6.45) is 6.14. The topological polar surface area (TPSA) is 81.2 Å². The summed E-state index contributed by atoms with van der Waals surface area (Å²) in [6.45, 7) is 16.9. The van der Waals surface area contributed by atoms with Crippen LogP contribution in [0, 0.1) is 17.8 Å². The van der Waals surface area contributed by atoms with Gasteiger partial charge >= 0.3 is 0 Å². The van der Waals surface area contributed by atoms with Crippen LogP contribution in [0.15, 0.2) is 49.6 Å². The Hall–Kier alpha value is -2.29. The monoisotopic (exact) mass is 601 g/mol. The van der Waals surface area contributed by atoms with Gasteiger partial charge in [0.05, 0.1) is 29.2 Å². The molecule has 2 unspecified atom stereocenters. The Kier molecular flexibility index (Phi) is 9.66. The number of carbonyl (C=O) groups is 3. The minimum atomic E-state index is -0.824. The first kappa shape index (κ1) is 31.6. The molecule has 3 aliphatic heterocycles. The van der Waals surface area contributed by atoms with Crippen LogP contribution in [-0.2, 0) is 14.4 Å². The molecule has 1 spiro atoms. The van der Waals surface area contributed by atoms with Crippen LogP contribution in [0.1, 0.15) is 53.4 Å². The normalized spacial score (nSPS) is 29.0. The van der Waals surface area contributed by atoms with Crippen molar-refractivity contribution >= 4 is 46.8 Å². The second-order valence-electron chi connectivity index (χ2n) is 12.2. The van der Waals surface area contributed by atoms with Gasteiger partial charge in [0, 0.05) is 35.1 Å². The van der Waals surface area contributed by atoms with Crippen LogP contribution in [-0.4, -0.2) is 80.4 Å². The van der Waals surface area contributed by atoms with E-state index in [-0.39, 0.29) is 36.8 Å². The molecule has 6 atom stereocenters. The molecule has 1 aromatic rings. The second kappa shape index (κ2) is 12.5. The van der Waals surface area contributed by atoms with E-state index in [0.717, 1.165) is 12.8 Å². The van der Waals surface area contributed by atoms with Crippen LogP contribution in [0.25, 0.3) is 0 Å². The quantitative estimate of drug-likeness (QED) is 0.316. The highest BCUT2D eigenvalue weighted by molar-refractivity contribution is 8.02. The number of fused-ring (bicyclic) bond motifs is 1. The zero-order chi connectivity index (χ0) is 30.1. The van der Waals surface area contributed by atoms with Crippen molar-refractivity contribution in [1.29, 1.82) is 0 Å². The molecule has 41 heavy (non-hydrogen) atoms. The number of amides is 3. The molecule has 0 aliphatic carbocycles. The first-order chi connectivity index (χ1) is 19.5. The number of hydrogen-bond acceptors (Lipinski definition) is 5. The average Bonchev–Trinajstić information content (AvgIpc) is 3.50. The molecule has 224 valence electrons. The summed E-state index contributed by atoms with van der Waals surface area (Å²) in [5, 5.41) is 11.1. The van der Waals surface area contributed by atoms with Crippen molar-refractivity contribution in [1.82, 2.24) is 9.80 Å². The smallest absolute Gasteiger partial charge is 0.251 e. The molecule has 0 radical (unpaired) electrons. The van der Waals surface area contributed by atoms with Gasteiger partial charge in [0.1, 0.15) is 6.04 Å². The van der Waals surface area contributed by atoms with Gasteiger partial charge in [0.25, 0.3) is 5.91 Å². The fourth-order valence-corrected chi connectivity index (χ4v) is 9.82. The van der Waals surface area contributed by atoms with Gasteiger partial charge in [-0.15, -0.1) is 24.9 Å². The SMILES string of the molecule is C=CCN(CCC)C(=O)[C@@H]1[C@H]2C(=O)N([C@@H](CO)CC(C)C)C(C(=O)N(CC=C)c3ccc(Cl)cc3)C23CC[C@@]1(C)S3. The highest BCUT2D eigenvalue weighted by Crippen LogP contribution is 2.72. The minimum absolute atomic E-state index is 0.0419. The maximum atomic E-state index is 14.8. The van der Waals surface area contributed by atoms with Crippen LogP contribution in [0.5, 0.6) is 0 Å². The summed E-state index contributed by atoms with van der Waals surface area (Å²) in [4.78, 5) is 48.7. The lowest BCUT2D eigenvalue weighted by Gasteiger charge is -2.40. The third kappa shape index (κ3) is 5.48. The molecule has 3 fully saturated rings. The molecule has 3 amide bonds. The van der Waals surface area contributed by atoms with Crippen LogP contribution in [0.2, 0.25) is 5.02 Å². The van der Waals surface area contributed by atoms with Gasteiger partial charge in [-0.25, -0.2) is 0 Å². The fourth-order valence-electron chi connectivity index (χ4n) is 7.37.